The van der Waals surface area contributed by atoms with Crippen LogP contribution >= 0.6 is 0 Å². The normalized spacial score (nSPS) is 17.3. The molecule has 0 saturated carbocycles. The standard InChI is InChI=1S/C20H29N5O3S/c1-3-17(16-29(26,27)19-7-5-4-6-8-19)22-20(21-2)25-12-10-24(11-13-25)15-18-9-14-28-23-18/h4-9,14,17H,3,10-13,15-16H2,1-2H3,(H,21,22). The van der Waals surface area contributed by atoms with Crippen LogP contribution in [0.3, 0.4) is 0 Å². The van der Waals surface area contributed by atoms with Crippen molar-refractivity contribution in [3.8, 4) is 0 Å². The number of hydrogen-bond donors (Lipinski definition) is 1. The topological polar surface area (TPSA) is 91.0 Å². The minimum Gasteiger partial charge on any atom is -0.364 e. The Balaban J connectivity index is 1.56. The number of aromatic nitrogens is 1. The summed E-state index contributed by atoms with van der Waals surface area (Å²) in [7, 11) is -1.62. The van der Waals surface area contributed by atoms with Crippen molar-refractivity contribution in [3.05, 3.63) is 48.4 Å². The van der Waals surface area contributed by atoms with E-state index >= 15 is 0 Å². The average Bonchev–Trinajstić information content (AvgIpc) is 3.25. The van der Waals surface area contributed by atoms with Crippen molar-refractivity contribution in [2.75, 3.05) is 39.0 Å². The van der Waals surface area contributed by atoms with Crippen LogP contribution in [0, 0.1) is 0 Å². The Bertz CT molecular complexity index is 876. The molecule has 9 heteroatoms. The predicted molar refractivity (Wildman–Crippen MR) is 112 cm³/mol. The number of benzene rings is 1. The molecule has 3 rings (SSSR count). The molecule has 8 nitrogen and oxygen atoms in total. The molecule has 0 bridgehead atoms. The number of piperazine rings is 1. The Morgan fingerprint density at radius 3 is 2.52 bits per heavy atom. The van der Waals surface area contributed by atoms with Gasteiger partial charge < -0.3 is 14.7 Å². The molecule has 0 spiro atoms. The summed E-state index contributed by atoms with van der Waals surface area (Å²) in [6.07, 6.45) is 2.28. The first-order chi connectivity index (χ1) is 14.0. The van der Waals surface area contributed by atoms with Gasteiger partial charge in [-0.15, -0.1) is 0 Å². The molecule has 1 saturated heterocycles. The van der Waals surface area contributed by atoms with Crippen molar-refractivity contribution < 1.29 is 12.9 Å². The summed E-state index contributed by atoms with van der Waals surface area (Å²) in [5, 5.41) is 7.33. The number of sulfone groups is 1. The molecule has 158 valence electrons. The third-order valence-corrected chi connectivity index (χ3v) is 6.94. The lowest BCUT2D eigenvalue weighted by Gasteiger charge is -2.37. The average molecular weight is 420 g/mol. The van der Waals surface area contributed by atoms with Gasteiger partial charge in [-0.2, -0.15) is 0 Å². The molecule has 2 aromatic rings. The zero-order valence-electron chi connectivity index (χ0n) is 17.0. The van der Waals surface area contributed by atoms with E-state index in [9.17, 15) is 8.42 Å². The number of nitrogens with zero attached hydrogens (tertiary/aromatic N) is 4. The molecule has 1 unspecified atom stereocenters. The molecule has 0 amide bonds. The molecule has 1 fully saturated rings. The van der Waals surface area contributed by atoms with Gasteiger partial charge in [0.25, 0.3) is 0 Å². The molecule has 1 aromatic carbocycles. The lowest BCUT2D eigenvalue weighted by Crippen LogP contribution is -2.54. The highest BCUT2D eigenvalue weighted by molar-refractivity contribution is 7.91. The Kier molecular flexibility index (Phi) is 7.27. The molecule has 2 heterocycles. The second-order valence-electron chi connectivity index (χ2n) is 7.15. The molecule has 1 aromatic heterocycles. The highest BCUT2D eigenvalue weighted by atomic mass is 32.2. The molecule has 1 atom stereocenters. The van der Waals surface area contributed by atoms with Crippen LogP contribution in [0.2, 0.25) is 0 Å². The summed E-state index contributed by atoms with van der Waals surface area (Å²) in [5.41, 5.74) is 0.929. The molecular formula is C20H29N5O3S. The van der Waals surface area contributed by atoms with Gasteiger partial charge in [0.1, 0.15) is 6.26 Å². The van der Waals surface area contributed by atoms with E-state index in [2.05, 4.69) is 25.3 Å². The van der Waals surface area contributed by atoms with Crippen LogP contribution in [-0.4, -0.2) is 74.4 Å². The van der Waals surface area contributed by atoms with Crippen LogP contribution in [0.5, 0.6) is 0 Å². The lowest BCUT2D eigenvalue weighted by molar-refractivity contribution is 0.168. The second-order valence-corrected chi connectivity index (χ2v) is 9.18. The monoisotopic (exact) mass is 419 g/mol. The number of hydrogen-bond acceptors (Lipinski definition) is 6. The molecular weight excluding hydrogens is 390 g/mol. The minimum absolute atomic E-state index is 0.0403. The summed E-state index contributed by atoms with van der Waals surface area (Å²) in [6.45, 7) is 6.16. The number of rotatable bonds is 7. The van der Waals surface area contributed by atoms with Crippen LogP contribution < -0.4 is 5.32 Å². The summed E-state index contributed by atoms with van der Waals surface area (Å²) in [6, 6.07) is 10.3. The molecule has 1 aliphatic rings. The Morgan fingerprint density at radius 1 is 1.21 bits per heavy atom. The smallest absolute Gasteiger partial charge is 0.193 e. The Hall–Kier alpha value is -2.39. The van der Waals surface area contributed by atoms with E-state index in [-0.39, 0.29) is 11.8 Å². The van der Waals surface area contributed by atoms with Crippen molar-refractivity contribution in [1.29, 1.82) is 0 Å². The van der Waals surface area contributed by atoms with Crippen molar-refractivity contribution in [2.45, 2.75) is 30.8 Å². The molecule has 29 heavy (non-hydrogen) atoms. The first-order valence-corrected chi connectivity index (χ1v) is 11.5. The van der Waals surface area contributed by atoms with Gasteiger partial charge in [0.2, 0.25) is 0 Å². The predicted octanol–water partition coefficient (Wildman–Crippen LogP) is 1.62. The quantitative estimate of drug-likeness (QED) is 0.539. The van der Waals surface area contributed by atoms with Gasteiger partial charge in [-0.25, -0.2) is 8.42 Å². The van der Waals surface area contributed by atoms with Gasteiger partial charge in [-0.05, 0) is 18.6 Å². The molecule has 0 radical (unpaired) electrons. The van der Waals surface area contributed by atoms with Crippen LogP contribution in [0.25, 0.3) is 0 Å². The zero-order valence-corrected chi connectivity index (χ0v) is 17.8. The van der Waals surface area contributed by atoms with Crippen molar-refractivity contribution >= 4 is 15.8 Å². The van der Waals surface area contributed by atoms with E-state index in [0.29, 0.717) is 11.3 Å². The number of aliphatic imine (C=N–C) groups is 1. The summed E-state index contributed by atoms with van der Waals surface area (Å²) < 4.78 is 30.4. The largest absolute Gasteiger partial charge is 0.364 e. The molecule has 1 N–H and O–H groups in total. The van der Waals surface area contributed by atoms with Crippen molar-refractivity contribution in [1.82, 2.24) is 20.3 Å². The van der Waals surface area contributed by atoms with Crippen LogP contribution in [0.1, 0.15) is 19.0 Å². The SMILES string of the molecule is CCC(CS(=O)(=O)c1ccccc1)NC(=NC)N1CCN(Cc2ccon2)CC1. The maximum absolute atomic E-state index is 12.7. The van der Waals surface area contributed by atoms with Gasteiger partial charge in [-0.1, -0.05) is 30.3 Å². The fourth-order valence-corrected chi connectivity index (χ4v) is 5.01. The summed E-state index contributed by atoms with van der Waals surface area (Å²) in [4.78, 5) is 9.25. The van der Waals surface area contributed by atoms with Gasteiger partial charge in [0.15, 0.2) is 15.8 Å². The fourth-order valence-electron chi connectivity index (χ4n) is 3.40. The second kappa shape index (κ2) is 9.89. The van der Waals surface area contributed by atoms with Crippen LogP contribution in [0.4, 0.5) is 0 Å². The maximum Gasteiger partial charge on any atom is 0.193 e. The van der Waals surface area contributed by atoms with Crippen molar-refractivity contribution in [3.63, 3.8) is 0 Å². The minimum atomic E-state index is -3.35. The first kappa shape index (κ1) is 21.3. The fraction of sp³-hybridized carbons (Fsp3) is 0.500. The van der Waals surface area contributed by atoms with Gasteiger partial charge in [0, 0.05) is 51.9 Å². The highest BCUT2D eigenvalue weighted by Gasteiger charge is 2.25. The summed E-state index contributed by atoms with van der Waals surface area (Å²) >= 11 is 0. The van der Waals surface area contributed by atoms with Crippen LogP contribution in [-0.2, 0) is 16.4 Å². The van der Waals surface area contributed by atoms with E-state index in [1.54, 1.807) is 37.6 Å². The molecule has 0 aliphatic carbocycles. The summed E-state index contributed by atoms with van der Waals surface area (Å²) in [5.74, 6) is 0.791. The lowest BCUT2D eigenvalue weighted by atomic mass is 10.2. The number of guanidine groups is 1. The van der Waals surface area contributed by atoms with Crippen LogP contribution in [0.15, 0.2) is 57.1 Å². The highest BCUT2D eigenvalue weighted by Crippen LogP contribution is 2.13. The maximum atomic E-state index is 12.7. The Labute approximate surface area is 172 Å². The number of nitrogens with one attached hydrogen (secondary N) is 1. The van der Waals surface area contributed by atoms with E-state index in [0.717, 1.165) is 44.4 Å². The third-order valence-electron chi connectivity index (χ3n) is 5.11. The third kappa shape index (κ3) is 5.80. The van der Waals surface area contributed by atoms with Gasteiger partial charge in [0.05, 0.1) is 16.3 Å². The van der Waals surface area contributed by atoms with E-state index < -0.39 is 9.84 Å². The van der Waals surface area contributed by atoms with Gasteiger partial charge >= 0.3 is 0 Å². The van der Waals surface area contributed by atoms with E-state index in [4.69, 9.17) is 4.52 Å². The zero-order chi connectivity index (χ0) is 20.7. The van der Waals surface area contributed by atoms with Gasteiger partial charge in [-0.3, -0.25) is 9.89 Å². The van der Waals surface area contributed by atoms with E-state index in [1.165, 1.54) is 0 Å². The first-order valence-electron chi connectivity index (χ1n) is 9.89. The van der Waals surface area contributed by atoms with E-state index in [1.807, 2.05) is 19.1 Å². The Morgan fingerprint density at radius 2 is 1.93 bits per heavy atom. The molecule has 1 aliphatic heterocycles. The van der Waals surface area contributed by atoms with Crippen molar-refractivity contribution in [2.24, 2.45) is 4.99 Å².